The van der Waals surface area contributed by atoms with E-state index in [2.05, 4.69) is 94.8 Å². The van der Waals surface area contributed by atoms with Crippen LogP contribution in [0.5, 0.6) is 0 Å². The normalized spacial score (nSPS) is 11.3. The molecule has 6 aromatic rings. The monoisotopic (exact) mass is 492 g/mol. The number of hydrogen-bond acceptors (Lipinski definition) is 3. The lowest BCUT2D eigenvalue weighted by molar-refractivity contribution is 1.24. The molecule has 2 aromatic heterocycles. The van der Waals surface area contributed by atoms with E-state index in [1.165, 1.54) is 15.6 Å². The zero-order chi connectivity index (χ0) is 21.5. The van der Waals surface area contributed by atoms with Gasteiger partial charge < -0.3 is 0 Å². The summed E-state index contributed by atoms with van der Waals surface area (Å²) in [6, 6.07) is 35.7. The number of benzene rings is 4. The second-order valence-corrected chi connectivity index (χ2v) is 9.60. The Labute approximate surface area is 198 Å². The number of halogens is 1. The highest BCUT2D eigenvalue weighted by Gasteiger charge is 2.16. The Morgan fingerprint density at radius 3 is 2.12 bits per heavy atom. The van der Waals surface area contributed by atoms with E-state index < -0.39 is 0 Å². The molecule has 0 unspecified atom stereocenters. The Morgan fingerprint density at radius 1 is 0.594 bits per heavy atom. The van der Waals surface area contributed by atoms with Crippen LogP contribution in [-0.4, -0.2) is 9.97 Å². The molecule has 0 amide bonds. The lowest BCUT2D eigenvalue weighted by Crippen LogP contribution is -1.93. The van der Waals surface area contributed by atoms with Crippen molar-refractivity contribution in [2.75, 3.05) is 0 Å². The molecule has 0 aliphatic carbocycles. The maximum Gasteiger partial charge on any atom is 0.160 e. The molecular formula is C28H17BrN2S. The first-order chi connectivity index (χ1) is 15.8. The number of rotatable bonds is 3. The first-order valence-electron chi connectivity index (χ1n) is 10.4. The van der Waals surface area contributed by atoms with Crippen LogP contribution in [0.15, 0.2) is 108 Å². The van der Waals surface area contributed by atoms with Crippen molar-refractivity contribution in [3.8, 4) is 33.8 Å². The summed E-state index contributed by atoms with van der Waals surface area (Å²) >= 11 is 5.35. The lowest BCUT2D eigenvalue weighted by atomic mass is 10.0. The highest BCUT2D eigenvalue weighted by atomic mass is 79.9. The van der Waals surface area contributed by atoms with Gasteiger partial charge in [0.05, 0.1) is 15.9 Å². The minimum absolute atomic E-state index is 0.754. The van der Waals surface area contributed by atoms with Gasteiger partial charge in [-0.25, -0.2) is 9.97 Å². The molecule has 0 saturated heterocycles. The minimum atomic E-state index is 0.754. The highest BCUT2D eigenvalue weighted by molar-refractivity contribution is 9.10. The van der Waals surface area contributed by atoms with Crippen LogP contribution in [0.1, 0.15) is 0 Å². The third-order valence-electron chi connectivity index (χ3n) is 5.55. The van der Waals surface area contributed by atoms with Crippen LogP contribution in [0.2, 0.25) is 0 Å². The van der Waals surface area contributed by atoms with Gasteiger partial charge in [0, 0.05) is 25.7 Å². The summed E-state index contributed by atoms with van der Waals surface area (Å²) < 4.78 is 3.42. The molecule has 32 heavy (non-hydrogen) atoms. The molecule has 4 aromatic carbocycles. The lowest BCUT2D eigenvalue weighted by Gasteiger charge is -2.09. The molecule has 0 spiro atoms. The molecular weight excluding hydrogens is 476 g/mol. The maximum absolute atomic E-state index is 5.08. The van der Waals surface area contributed by atoms with Crippen LogP contribution in [0.4, 0.5) is 0 Å². The fraction of sp³-hybridized carbons (Fsp3) is 0. The third kappa shape index (κ3) is 3.42. The van der Waals surface area contributed by atoms with Gasteiger partial charge in [0.25, 0.3) is 0 Å². The summed E-state index contributed by atoms with van der Waals surface area (Å²) in [4.78, 5) is 10.1. The average Bonchev–Trinajstić information content (AvgIpc) is 3.23. The standard InChI is InChI=1S/C28H17BrN2S/c29-22-13-7-11-20(17-22)19-10-6-12-21(16-19)25-27-26(23-14-4-5-15-24(23)32-27)31-28(30-25)18-8-2-1-3-9-18/h1-17H. The minimum Gasteiger partial charge on any atom is -0.226 e. The van der Waals surface area contributed by atoms with Crippen LogP contribution in [0.25, 0.3) is 54.1 Å². The summed E-state index contributed by atoms with van der Waals surface area (Å²) in [6.07, 6.45) is 0. The van der Waals surface area contributed by atoms with E-state index in [-0.39, 0.29) is 0 Å². The Balaban J connectivity index is 1.63. The van der Waals surface area contributed by atoms with Crippen molar-refractivity contribution in [1.29, 1.82) is 0 Å². The zero-order valence-corrected chi connectivity index (χ0v) is 19.4. The molecule has 0 bridgehead atoms. The van der Waals surface area contributed by atoms with Crippen LogP contribution in [-0.2, 0) is 0 Å². The van der Waals surface area contributed by atoms with Gasteiger partial charge in [0.2, 0.25) is 0 Å². The summed E-state index contributed by atoms with van der Waals surface area (Å²) in [5.74, 6) is 0.754. The van der Waals surface area contributed by atoms with Crippen molar-refractivity contribution >= 4 is 47.6 Å². The third-order valence-corrected chi connectivity index (χ3v) is 7.21. The Kier molecular flexibility index (Phi) is 4.82. The predicted octanol–water partition coefficient (Wildman–Crippen LogP) is 8.61. The predicted molar refractivity (Wildman–Crippen MR) is 139 cm³/mol. The quantitative estimate of drug-likeness (QED) is 0.247. The van der Waals surface area contributed by atoms with E-state index in [4.69, 9.17) is 9.97 Å². The van der Waals surface area contributed by atoms with Gasteiger partial charge in [-0.1, -0.05) is 94.8 Å². The maximum atomic E-state index is 5.08. The van der Waals surface area contributed by atoms with E-state index in [0.717, 1.165) is 42.9 Å². The Bertz CT molecular complexity index is 1590. The number of nitrogens with zero attached hydrogens (tertiary/aromatic N) is 2. The second-order valence-electron chi connectivity index (χ2n) is 7.63. The molecule has 6 rings (SSSR count). The van der Waals surface area contributed by atoms with Gasteiger partial charge in [0.15, 0.2) is 5.82 Å². The smallest absolute Gasteiger partial charge is 0.160 e. The highest BCUT2D eigenvalue weighted by Crippen LogP contribution is 2.40. The fourth-order valence-corrected chi connectivity index (χ4v) is 5.57. The number of aromatic nitrogens is 2. The van der Waals surface area contributed by atoms with Gasteiger partial charge in [-0.05, 0) is 35.4 Å². The van der Waals surface area contributed by atoms with Crippen molar-refractivity contribution in [2.45, 2.75) is 0 Å². The summed E-state index contributed by atoms with van der Waals surface area (Å²) in [6.45, 7) is 0. The van der Waals surface area contributed by atoms with Crippen molar-refractivity contribution < 1.29 is 0 Å². The largest absolute Gasteiger partial charge is 0.226 e. The molecule has 0 fully saturated rings. The van der Waals surface area contributed by atoms with Crippen LogP contribution in [0, 0.1) is 0 Å². The van der Waals surface area contributed by atoms with Crippen LogP contribution < -0.4 is 0 Å². The molecule has 2 nitrogen and oxygen atoms in total. The van der Waals surface area contributed by atoms with Crippen LogP contribution >= 0.6 is 27.3 Å². The second kappa shape index (κ2) is 7.97. The first-order valence-corrected chi connectivity index (χ1v) is 12.0. The summed E-state index contributed by atoms with van der Waals surface area (Å²) in [7, 11) is 0. The molecule has 2 heterocycles. The molecule has 152 valence electrons. The van der Waals surface area contributed by atoms with Gasteiger partial charge in [-0.15, -0.1) is 11.3 Å². The number of thiophene rings is 1. The van der Waals surface area contributed by atoms with E-state index in [9.17, 15) is 0 Å². The topological polar surface area (TPSA) is 25.8 Å². The average molecular weight is 493 g/mol. The van der Waals surface area contributed by atoms with E-state index >= 15 is 0 Å². The molecule has 4 heteroatoms. The Hall–Kier alpha value is -3.34. The molecule has 0 N–H and O–H groups in total. The molecule has 0 saturated carbocycles. The van der Waals surface area contributed by atoms with Gasteiger partial charge >= 0.3 is 0 Å². The summed E-state index contributed by atoms with van der Waals surface area (Å²) in [5.41, 5.74) is 6.45. The SMILES string of the molecule is Brc1cccc(-c2cccc(-c3nc(-c4ccccc4)nc4c3sc3ccccc34)c2)c1. The van der Waals surface area contributed by atoms with Crippen molar-refractivity contribution in [3.05, 3.63) is 108 Å². The van der Waals surface area contributed by atoms with Crippen molar-refractivity contribution in [3.63, 3.8) is 0 Å². The van der Waals surface area contributed by atoms with E-state index in [0.29, 0.717) is 0 Å². The molecule has 0 atom stereocenters. The van der Waals surface area contributed by atoms with E-state index in [1.54, 1.807) is 11.3 Å². The van der Waals surface area contributed by atoms with Crippen molar-refractivity contribution in [1.82, 2.24) is 9.97 Å². The summed E-state index contributed by atoms with van der Waals surface area (Å²) in [5, 5.41) is 1.18. The Morgan fingerprint density at radius 2 is 1.28 bits per heavy atom. The first kappa shape index (κ1) is 19.4. The molecule has 0 aliphatic rings. The number of hydrogen-bond donors (Lipinski definition) is 0. The molecule has 0 radical (unpaired) electrons. The van der Waals surface area contributed by atoms with Gasteiger partial charge in [-0.3, -0.25) is 0 Å². The van der Waals surface area contributed by atoms with Gasteiger partial charge in [0.1, 0.15) is 0 Å². The van der Waals surface area contributed by atoms with Crippen LogP contribution in [0.3, 0.4) is 0 Å². The van der Waals surface area contributed by atoms with Crippen molar-refractivity contribution in [2.24, 2.45) is 0 Å². The number of fused-ring (bicyclic) bond motifs is 3. The zero-order valence-electron chi connectivity index (χ0n) is 17.0. The molecule has 0 aliphatic heterocycles. The fourth-order valence-electron chi connectivity index (χ4n) is 4.02. The van der Waals surface area contributed by atoms with Gasteiger partial charge in [-0.2, -0.15) is 0 Å². The van der Waals surface area contributed by atoms with E-state index in [1.807, 2.05) is 24.3 Å².